The molecule has 0 amide bonds. The number of ether oxygens (including phenoxy) is 1. The van der Waals surface area contributed by atoms with E-state index in [1.165, 1.54) is 11.1 Å². The van der Waals surface area contributed by atoms with E-state index in [-0.39, 0.29) is 11.6 Å². The highest BCUT2D eigenvalue weighted by molar-refractivity contribution is 5.26. The molecule has 0 spiro atoms. The highest BCUT2D eigenvalue weighted by atomic mass is 16.5. The first-order valence-corrected chi connectivity index (χ1v) is 5.82. The lowest BCUT2D eigenvalue weighted by Gasteiger charge is -2.22. The molecule has 1 atom stereocenters. The average Bonchev–Trinajstić information content (AvgIpc) is 2.18. The molecule has 1 aromatic rings. The van der Waals surface area contributed by atoms with E-state index in [0.29, 0.717) is 6.61 Å². The molecule has 2 N–H and O–H groups in total. The highest BCUT2D eigenvalue weighted by Crippen LogP contribution is 2.11. The third-order valence-electron chi connectivity index (χ3n) is 2.47. The molecule has 0 heterocycles. The summed E-state index contributed by atoms with van der Waals surface area (Å²) in [7, 11) is 0. The van der Waals surface area contributed by atoms with Crippen molar-refractivity contribution in [2.75, 3.05) is 6.61 Å². The van der Waals surface area contributed by atoms with E-state index in [9.17, 15) is 0 Å². The van der Waals surface area contributed by atoms with Gasteiger partial charge in [-0.2, -0.15) is 0 Å². The molecule has 16 heavy (non-hydrogen) atoms. The van der Waals surface area contributed by atoms with Crippen LogP contribution in [0.25, 0.3) is 0 Å². The molecule has 2 heteroatoms. The van der Waals surface area contributed by atoms with E-state index >= 15 is 0 Å². The van der Waals surface area contributed by atoms with Crippen molar-refractivity contribution in [3.63, 3.8) is 0 Å². The predicted octanol–water partition coefficient (Wildman–Crippen LogP) is 2.68. The zero-order valence-corrected chi connectivity index (χ0v) is 10.8. The normalized spacial score (nSPS) is 13.8. The third kappa shape index (κ3) is 4.77. The van der Waals surface area contributed by atoms with Crippen LogP contribution in [0.3, 0.4) is 0 Å². The highest BCUT2D eigenvalue weighted by Gasteiger charge is 2.13. The molecule has 0 aliphatic rings. The maximum atomic E-state index is 6.06. The van der Waals surface area contributed by atoms with Crippen molar-refractivity contribution in [3.8, 4) is 0 Å². The number of nitrogens with two attached hydrogens (primary N) is 1. The Morgan fingerprint density at radius 1 is 1.25 bits per heavy atom. The van der Waals surface area contributed by atoms with Crippen molar-refractivity contribution >= 4 is 0 Å². The van der Waals surface area contributed by atoms with Crippen molar-refractivity contribution in [1.82, 2.24) is 0 Å². The van der Waals surface area contributed by atoms with Crippen LogP contribution in [0, 0.1) is 6.92 Å². The van der Waals surface area contributed by atoms with Gasteiger partial charge < -0.3 is 10.5 Å². The van der Waals surface area contributed by atoms with Crippen LogP contribution in [0.4, 0.5) is 0 Å². The fourth-order valence-electron chi connectivity index (χ4n) is 1.54. The van der Waals surface area contributed by atoms with Gasteiger partial charge in [-0.15, -0.1) is 0 Å². The first-order chi connectivity index (χ1) is 7.38. The molecule has 0 bridgehead atoms. The van der Waals surface area contributed by atoms with Gasteiger partial charge in [0.05, 0.1) is 12.2 Å². The van der Waals surface area contributed by atoms with Gasteiger partial charge in [-0.25, -0.2) is 0 Å². The summed E-state index contributed by atoms with van der Waals surface area (Å²) in [6.07, 6.45) is 0.878. The van der Waals surface area contributed by atoms with Gasteiger partial charge in [0.25, 0.3) is 0 Å². The van der Waals surface area contributed by atoms with E-state index in [4.69, 9.17) is 10.5 Å². The van der Waals surface area contributed by atoms with Crippen LogP contribution in [0.2, 0.25) is 0 Å². The Morgan fingerprint density at radius 3 is 2.44 bits per heavy atom. The fraction of sp³-hybridized carbons (Fsp3) is 0.571. The summed E-state index contributed by atoms with van der Waals surface area (Å²) < 4.78 is 5.68. The van der Waals surface area contributed by atoms with Gasteiger partial charge in [0, 0.05) is 6.04 Å². The summed E-state index contributed by atoms with van der Waals surface area (Å²) in [6, 6.07) is 8.43. The lowest BCUT2D eigenvalue weighted by molar-refractivity contribution is -0.00984. The van der Waals surface area contributed by atoms with E-state index in [0.717, 1.165) is 6.42 Å². The van der Waals surface area contributed by atoms with Crippen LogP contribution in [0.1, 0.15) is 31.9 Å². The van der Waals surface area contributed by atoms with E-state index < -0.39 is 0 Å². The molecule has 0 saturated carbocycles. The summed E-state index contributed by atoms with van der Waals surface area (Å²) >= 11 is 0. The Balaban J connectivity index is 2.46. The van der Waals surface area contributed by atoms with Crippen LogP contribution < -0.4 is 5.73 Å². The zero-order valence-electron chi connectivity index (χ0n) is 10.8. The van der Waals surface area contributed by atoms with Crippen LogP contribution >= 0.6 is 0 Å². The number of benzene rings is 1. The van der Waals surface area contributed by atoms with Crippen LogP contribution in [-0.4, -0.2) is 18.2 Å². The van der Waals surface area contributed by atoms with Gasteiger partial charge in [-0.05, 0) is 45.2 Å². The van der Waals surface area contributed by atoms with Crippen molar-refractivity contribution in [2.24, 2.45) is 5.73 Å². The summed E-state index contributed by atoms with van der Waals surface area (Å²) in [4.78, 5) is 0. The molecule has 0 fully saturated rings. The predicted molar refractivity (Wildman–Crippen MR) is 68.6 cm³/mol. The van der Waals surface area contributed by atoms with Gasteiger partial charge in [-0.3, -0.25) is 0 Å². The van der Waals surface area contributed by atoms with E-state index in [2.05, 4.69) is 31.2 Å². The van der Waals surface area contributed by atoms with Crippen LogP contribution in [0.15, 0.2) is 24.3 Å². The van der Waals surface area contributed by atoms with Gasteiger partial charge in [0.2, 0.25) is 0 Å². The standard InChI is InChI=1S/C14H23NO/c1-11-7-5-6-8-12(11)9-13(15)10-16-14(2,3)4/h5-8,13H,9-10,15H2,1-4H3. The molecule has 90 valence electrons. The second-order valence-corrected chi connectivity index (χ2v) is 5.31. The maximum Gasteiger partial charge on any atom is 0.0627 e. The number of aryl methyl sites for hydroxylation is 1. The molecule has 0 aromatic heterocycles. The van der Waals surface area contributed by atoms with Crippen LogP contribution in [-0.2, 0) is 11.2 Å². The molecule has 1 unspecified atom stereocenters. The molecule has 2 nitrogen and oxygen atoms in total. The fourth-order valence-corrected chi connectivity index (χ4v) is 1.54. The minimum absolute atomic E-state index is 0.0697. The van der Waals surface area contributed by atoms with Gasteiger partial charge in [-0.1, -0.05) is 24.3 Å². The first kappa shape index (κ1) is 13.2. The molecule has 1 rings (SSSR count). The zero-order chi connectivity index (χ0) is 12.2. The summed E-state index contributed by atoms with van der Waals surface area (Å²) in [6.45, 7) is 8.87. The minimum Gasteiger partial charge on any atom is -0.374 e. The largest absolute Gasteiger partial charge is 0.374 e. The molecule has 0 aliphatic carbocycles. The molecular formula is C14H23NO. The van der Waals surface area contributed by atoms with Crippen molar-refractivity contribution in [2.45, 2.75) is 45.8 Å². The Hall–Kier alpha value is -0.860. The Kier molecular flexibility index (Phi) is 4.51. The molecular weight excluding hydrogens is 198 g/mol. The minimum atomic E-state index is -0.108. The summed E-state index contributed by atoms with van der Waals surface area (Å²) in [5.41, 5.74) is 8.56. The Bertz CT molecular complexity index is 328. The van der Waals surface area contributed by atoms with E-state index in [1.54, 1.807) is 0 Å². The topological polar surface area (TPSA) is 35.2 Å². The smallest absolute Gasteiger partial charge is 0.0627 e. The van der Waals surface area contributed by atoms with Crippen LogP contribution in [0.5, 0.6) is 0 Å². The maximum absolute atomic E-state index is 6.06. The van der Waals surface area contributed by atoms with E-state index in [1.807, 2.05) is 20.8 Å². The number of hydrogen-bond acceptors (Lipinski definition) is 2. The van der Waals surface area contributed by atoms with Gasteiger partial charge >= 0.3 is 0 Å². The summed E-state index contributed by atoms with van der Waals surface area (Å²) in [5.74, 6) is 0. The van der Waals surface area contributed by atoms with Gasteiger partial charge in [0.1, 0.15) is 0 Å². The lowest BCUT2D eigenvalue weighted by Crippen LogP contribution is -2.33. The Morgan fingerprint density at radius 2 is 1.88 bits per heavy atom. The quantitative estimate of drug-likeness (QED) is 0.848. The lowest BCUT2D eigenvalue weighted by atomic mass is 10.0. The average molecular weight is 221 g/mol. The Labute approximate surface area is 98.8 Å². The number of rotatable bonds is 4. The molecule has 0 saturated heterocycles. The van der Waals surface area contributed by atoms with Crippen molar-refractivity contribution in [1.29, 1.82) is 0 Å². The van der Waals surface area contributed by atoms with Gasteiger partial charge in [0.15, 0.2) is 0 Å². The van der Waals surface area contributed by atoms with Crippen molar-refractivity contribution in [3.05, 3.63) is 35.4 Å². The van der Waals surface area contributed by atoms with Crippen molar-refractivity contribution < 1.29 is 4.74 Å². The number of hydrogen-bond donors (Lipinski definition) is 1. The monoisotopic (exact) mass is 221 g/mol. The first-order valence-electron chi connectivity index (χ1n) is 5.82. The second-order valence-electron chi connectivity index (χ2n) is 5.31. The second kappa shape index (κ2) is 5.46. The molecule has 1 aromatic carbocycles. The third-order valence-corrected chi connectivity index (χ3v) is 2.47. The SMILES string of the molecule is Cc1ccccc1CC(N)COC(C)(C)C. The molecule has 0 aliphatic heterocycles. The summed E-state index contributed by atoms with van der Waals surface area (Å²) in [5, 5.41) is 0. The molecule has 0 radical (unpaired) electrons.